The van der Waals surface area contributed by atoms with Crippen LogP contribution in [0, 0.1) is 0 Å². The standard InChI is InChI=1S/C16H22N2O/c1-2-18(11-10-14(19)12-17)16-9-5-7-13-6-3-4-8-15(13)16/h3-9,14,19H,2,10-12,17H2,1H3. The molecule has 0 fully saturated rings. The number of hydrogen-bond acceptors (Lipinski definition) is 3. The molecule has 2 rings (SSSR count). The van der Waals surface area contributed by atoms with E-state index < -0.39 is 6.10 Å². The van der Waals surface area contributed by atoms with Crippen molar-refractivity contribution in [1.82, 2.24) is 0 Å². The van der Waals surface area contributed by atoms with E-state index in [2.05, 4.69) is 54.3 Å². The van der Waals surface area contributed by atoms with E-state index in [1.165, 1.54) is 16.5 Å². The number of anilines is 1. The molecular weight excluding hydrogens is 236 g/mol. The third-order valence-corrected chi connectivity index (χ3v) is 3.49. The van der Waals surface area contributed by atoms with Gasteiger partial charge in [0, 0.05) is 30.7 Å². The first-order valence-electron chi connectivity index (χ1n) is 6.87. The van der Waals surface area contributed by atoms with Gasteiger partial charge in [0.2, 0.25) is 0 Å². The Morgan fingerprint density at radius 3 is 2.63 bits per heavy atom. The van der Waals surface area contributed by atoms with Crippen molar-refractivity contribution in [3.05, 3.63) is 42.5 Å². The average Bonchev–Trinajstić information content (AvgIpc) is 2.47. The van der Waals surface area contributed by atoms with Crippen LogP contribution in [0.25, 0.3) is 10.8 Å². The van der Waals surface area contributed by atoms with E-state index >= 15 is 0 Å². The maximum absolute atomic E-state index is 9.61. The van der Waals surface area contributed by atoms with Gasteiger partial charge in [0.25, 0.3) is 0 Å². The van der Waals surface area contributed by atoms with Crippen molar-refractivity contribution in [1.29, 1.82) is 0 Å². The molecule has 0 aliphatic rings. The Kier molecular flexibility index (Phi) is 4.77. The van der Waals surface area contributed by atoms with E-state index in [0.29, 0.717) is 13.0 Å². The summed E-state index contributed by atoms with van der Waals surface area (Å²) >= 11 is 0. The fourth-order valence-electron chi connectivity index (χ4n) is 2.36. The van der Waals surface area contributed by atoms with E-state index in [9.17, 15) is 5.11 Å². The highest BCUT2D eigenvalue weighted by Gasteiger charge is 2.10. The van der Waals surface area contributed by atoms with Crippen molar-refractivity contribution >= 4 is 16.5 Å². The van der Waals surface area contributed by atoms with E-state index in [0.717, 1.165) is 13.1 Å². The SMILES string of the molecule is CCN(CCC(O)CN)c1cccc2ccccc12. The molecule has 102 valence electrons. The fourth-order valence-corrected chi connectivity index (χ4v) is 2.36. The third-order valence-electron chi connectivity index (χ3n) is 3.49. The van der Waals surface area contributed by atoms with Crippen LogP contribution in [0.15, 0.2) is 42.5 Å². The Labute approximate surface area is 114 Å². The lowest BCUT2D eigenvalue weighted by atomic mass is 10.1. The van der Waals surface area contributed by atoms with Gasteiger partial charge in [0.1, 0.15) is 0 Å². The lowest BCUT2D eigenvalue weighted by Crippen LogP contribution is -2.30. The predicted molar refractivity (Wildman–Crippen MR) is 81.5 cm³/mol. The minimum Gasteiger partial charge on any atom is -0.392 e. The number of aliphatic hydroxyl groups is 1. The van der Waals surface area contributed by atoms with Gasteiger partial charge in [-0.3, -0.25) is 0 Å². The third kappa shape index (κ3) is 3.25. The largest absolute Gasteiger partial charge is 0.392 e. The summed E-state index contributed by atoms with van der Waals surface area (Å²) in [7, 11) is 0. The van der Waals surface area contributed by atoms with Crippen LogP contribution in [-0.4, -0.2) is 30.8 Å². The minimum absolute atomic E-state index is 0.326. The van der Waals surface area contributed by atoms with E-state index in [1.54, 1.807) is 0 Å². The van der Waals surface area contributed by atoms with Gasteiger partial charge in [-0.05, 0) is 24.8 Å². The number of benzene rings is 2. The molecule has 0 spiro atoms. The van der Waals surface area contributed by atoms with Crippen LogP contribution >= 0.6 is 0 Å². The summed E-state index contributed by atoms with van der Waals surface area (Å²) < 4.78 is 0. The normalized spacial score (nSPS) is 12.6. The van der Waals surface area contributed by atoms with Gasteiger partial charge >= 0.3 is 0 Å². The van der Waals surface area contributed by atoms with Gasteiger partial charge in [0.05, 0.1) is 6.10 Å². The van der Waals surface area contributed by atoms with Crippen molar-refractivity contribution in [2.75, 3.05) is 24.5 Å². The average molecular weight is 258 g/mol. The summed E-state index contributed by atoms with van der Waals surface area (Å²) in [5.74, 6) is 0. The number of nitrogens with zero attached hydrogens (tertiary/aromatic N) is 1. The second-order valence-electron chi connectivity index (χ2n) is 4.76. The molecule has 19 heavy (non-hydrogen) atoms. The van der Waals surface area contributed by atoms with Crippen LogP contribution in [0.1, 0.15) is 13.3 Å². The maximum atomic E-state index is 9.61. The van der Waals surface area contributed by atoms with Crippen LogP contribution in [0.5, 0.6) is 0 Å². The molecule has 0 amide bonds. The molecule has 0 aliphatic carbocycles. The molecule has 0 aliphatic heterocycles. The van der Waals surface area contributed by atoms with Crippen LogP contribution < -0.4 is 10.6 Å². The number of fused-ring (bicyclic) bond motifs is 1. The molecule has 0 saturated carbocycles. The summed E-state index contributed by atoms with van der Waals surface area (Å²) in [6.45, 7) is 4.21. The molecule has 1 atom stereocenters. The molecule has 0 bridgehead atoms. The molecule has 0 heterocycles. The first-order valence-corrected chi connectivity index (χ1v) is 6.87. The lowest BCUT2D eigenvalue weighted by molar-refractivity contribution is 0.174. The summed E-state index contributed by atoms with van der Waals surface area (Å²) in [6.07, 6.45) is 0.289. The Bertz CT molecular complexity index is 522. The Morgan fingerprint density at radius 1 is 1.16 bits per heavy atom. The smallest absolute Gasteiger partial charge is 0.0679 e. The molecule has 2 aromatic carbocycles. The first-order chi connectivity index (χ1) is 9.26. The van der Waals surface area contributed by atoms with Gasteiger partial charge < -0.3 is 15.7 Å². The van der Waals surface area contributed by atoms with E-state index in [-0.39, 0.29) is 0 Å². The Morgan fingerprint density at radius 2 is 1.89 bits per heavy atom. The van der Waals surface area contributed by atoms with Crippen LogP contribution in [0.3, 0.4) is 0 Å². The molecule has 0 saturated heterocycles. The lowest BCUT2D eigenvalue weighted by Gasteiger charge is -2.25. The van der Waals surface area contributed by atoms with E-state index in [4.69, 9.17) is 5.73 Å². The van der Waals surface area contributed by atoms with Gasteiger partial charge in [0.15, 0.2) is 0 Å². The second-order valence-corrected chi connectivity index (χ2v) is 4.76. The topological polar surface area (TPSA) is 49.5 Å². The van der Waals surface area contributed by atoms with Crippen molar-refractivity contribution < 1.29 is 5.11 Å². The number of hydrogen-bond donors (Lipinski definition) is 2. The molecule has 3 heteroatoms. The molecule has 1 unspecified atom stereocenters. The van der Waals surface area contributed by atoms with Crippen molar-refractivity contribution in [2.24, 2.45) is 5.73 Å². The molecular formula is C16H22N2O. The summed E-state index contributed by atoms with van der Waals surface area (Å²) in [4.78, 5) is 2.29. The molecule has 0 aromatic heterocycles. The Balaban J connectivity index is 2.25. The second kappa shape index (κ2) is 6.55. The summed E-state index contributed by atoms with van der Waals surface area (Å²) in [5.41, 5.74) is 6.69. The minimum atomic E-state index is -0.413. The zero-order valence-corrected chi connectivity index (χ0v) is 11.4. The van der Waals surface area contributed by atoms with Crippen LogP contribution in [0.2, 0.25) is 0 Å². The van der Waals surface area contributed by atoms with E-state index in [1.807, 2.05) is 0 Å². The number of aliphatic hydroxyl groups excluding tert-OH is 1. The number of nitrogens with two attached hydrogens (primary N) is 1. The quantitative estimate of drug-likeness (QED) is 0.836. The molecule has 0 radical (unpaired) electrons. The van der Waals surface area contributed by atoms with Gasteiger partial charge in [-0.2, -0.15) is 0 Å². The zero-order valence-electron chi connectivity index (χ0n) is 11.4. The first kappa shape index (κ1) is 13.8. The van der Waals surface area contributed by atoms with Crippen LogP contribution in [0.4, 0.5) is 5.69 Å². The van der Waals surface area contributed by atoms with Crippen molar-refractivity contribution in [3.63, 3.8) is 0 Å². The molecule has 3 N–H and O–H groups in total. The summed E-state index contributed by atoms with van der Waals surface area (Å²) in [6, 6.07) is 14.7. The predicted octanol–water partition coefficient (Wildman–Crippen LogP) is 2.38. The highest BCUT2D eigenvalue weighted by molar-refractivity contribution is 5.94. The van der Waals surface area contributed by atoms with Crippen molar-refractivity contribution in [3.8, 4) is 0 Å². The highest BCUT2D eigenvalue weighted by Crippen LogP contribution is 2.26. The zero-order chi connectivity index (χ0) is 13.7. The Hall–Kier alpha value is -1.58. The van der Waals surface area contributed by atoms with Crippen molar-refractivity contribution in [2.45, 2.75) is 19.4 Å². The fraction of sp³-hybridized carbons (Fsp3) is 0.375. The van der Waals surface area contributed by atoms with Gasteiger partial charge in [-0.1, -0.05) is 36.4 Å². The molecule has 2 aromatic rings. The highest BCUT2D eigenvalue weighted by atomic mass is 16.3. The van der Waals surface area contributed by atoms with Gasteiger partial charge in [-0.15, -0.1) is 0 Å². The summed E-state index contributed by atoms with van der Waals surface area (Å²) in [5, 5.41) is 12.1. The monoisotopic (exact) mass is 258 g/mol. The van der Waals surface area contributed by atoms with Crippen LogP contribution in [-0.2, 0) is 0 Å². The van der Waals surface area contributed by atoms with Gasteiger partial charge in [-0.25, -0.2) is 0 Å². The molecule has 3 nitrogen and oxygen atoms in total. The number of rotatable bonds is 6. The maximum Gasteiger partial charge on any atom is 0.0679 e.